The Morgan fingerprint density at radius 3 is 1.24 bits per heavy atom. The van der Waals surface area contributed by atoms with Crippen molar-refractivity contribution in [2.45, 2.75) is 56.8 Å². The monoisotopic (exact) mass is 588 g/mol. The number of fused-ring (bicyclic) bond motifs is 4. The average molecular weight is 589 g/mol. The van der Waals surface area contributed by atoms with Gasteiger partial charge in [0.1, 0.15) is 23.0 Å². The molecular weight excluding hydrogens is 548 g/mol. The van der Waals surface area contributed by atoms with Crippen LogP contribution in [0.2, 0.25) is 0 Å². The molecule has 0 radical (unpaired) electrons. The van der Waals surface area contributed by atoms with Gasteiger partial charge in [-0.3, -0.25) is 0 Å². The molecule has 2 bridgehead atoms. The van der Waals surface area contributed by atoms with Gasteiger partial charge in [0.25, 0.3) is 0 Å². The molecule has 6 aromatic rings. The Morgan fingerprint density at radius 1 is 0.444 bits per heavy atom. The lowest BCUT2D eigenvalue weighted by Gasteiger charge is -2.52. The minimum atomic E-state index is 0.197. The highest BCUT2D eigenvalue weighted by molar-refractivity contribution is 5.89. The Kier molecular flexibility index (Phi) is 6.90. The van der Waals surface area contributed by atoms with Crippen molar-refractivity contribution < 1.29 is 9.47 Å². The fourth-order valence-corrected chi connectivity index (χ4v) is 8.81. The number of benzene rings is 6. The normalized spacial score (nSPS) is 24.4. The maximum atomic E-state index is 6.37. The van der Waals surface area contributed by atoms with Gasteiger partial charge in [-0.05, 0) is 113 Å². The summed E-state index contributed by atoms with van der Waals surface area (Å²) >= 11 is 0. The van der Waals surface area contributed by atoms with Crippen molar-refractivity contribution in [3.05, 3.63) is 145 Å². The number of hydrogen-bond acceptors (Lipinski definition) is 2. The summed E-state index contributed by atoms with van der Waals surface area (Å²) in [6.45, 7) is 4.99. The first-order valence-electron chi connectivity index (χ1n) is 16.5. The van der Waals surface area contributed by atoms with Crippen LogP contribution in [0.25, 0.3) is 21.5 Å². The van der Waals surface area contributed by atoms with Gasteiger partial charge in [-0.1, -0.05) is 111 Å². The van der Waals surface area contributed by atoms with Crippen molar-refractivity contribution in [3.63, 3.8) is 0 Å². The van der Waals surface area contributed by atoms with Crippen molar-refractivity contribution >= 4 is 21.5 Å². The molecular formula is C43H40O2. The second-order valence-electron chi connectivity index (χ2n) is 14.1. The zero-order chi connectivity index (χ0) is 30.4. The highest BCUT2D eigenvalue weighted by Crippen LogP contribution is 2.56. The average Bonchev–Trinajstić information content (AvgIpc) is 3.05. The van der Waals surface area contributed by atoms with Crippen LogP contribution in [0, 0.1) is 11.8 Å². The Labute approximate surface area is 266 Å². The van der Waals surface area contributed by atoms with Crippen molar-refractivity contribution in [3.8, 4) is 23.0 Å². The number of ether oxygens (including phenoxy) is 2. The molecule has 2 saturated carbocycles. The van der Waals surface area contributed by atoms with Crippen LogP contribution in [0.4, 0.5) is 0 Å². The fourth-order valence-electron chi connectivity index (χ4n) is 8.81. The summed E-state index contributed by atoms with van der Waals surface area (Å²) in [5.74, 6) is 5.07. The summed E-state index contributed by atoms with van der Waals surface area (Å²) in [6.07, 6.45) is 6.32. The molecule has 2 nitrogen and oxygen atoms in total. The van der Waals surface area contributed by atoms with Gasteiger partial charge in [0.15, 0.2) is 0 Å². The molecule has 0 heterocycles. The van der Waals surface area contributed by atoms with Gasteiger partial charge in [0.05, 0.1) is 0 Å². The second-order valence-corrected chi connectivity index (χ2v) is 14.1. The van der Waals surface area contributed by atoms with Crippen LogP contribution in [-0.4, -0.2) is 0 Å². The van der Waals surface area contributed by atoms with Crippen LogP contribution in [-0.2, 0) is 10.8 Å². The summed E-state index contributed by atoms with van der Waals surface area (Å²) in [4.78, 5) is 0. The predicted octanol–water partition coefficient (Wildman–Crippen LogP) is 12.0. The maximum Gasteiger partial charge on any atom is 0.135 e. The molecule has 2 heteroatoms. The van der Waals surface area contributed by atoms with Crippen LogP contribution in [0.1, 0.15) is 57.1 Å². The van der Waals surface area contributed by atoms with Gasteiger partial charge >= 0.3 is 0 Å². The van der Waals surface area contributed by atoms with Gasteiger partial charge in [0, 0.05) is 10.8 Å². The van der Waals surface area contributed by atoms with Crippen molar-refractivity contribution in [1.82, 2.24) is 0 Å². The Balaban J connectivity index is 0.957. The van der Waals surface area contributed by atoms with Crippen molar-refractivity contribution in [1.29, 1.82) is 0 Å². The summed E-state index contributed by atoms with van der Waals surface area (Å²) in [5.41, 5.74) is 3.29. The minimum absolute atomic E-state index is 0.197. The lowest BCUT2D eigenvalue weighted by Crippen LogP contribution is -2.44. The molecule has 0 aliphatic heterocycles. The van der Waals surface area contributed by atoms with E-state index in [2.05, 4.69) is 147 Å². The first-order chi connectivity index (χ1) is 21.9. The van der Waals surface area contributed by atoms with Crippen LogP contribution in [0.5, 0.6) is 23.0 Å². The van der Waals surface area contributed by atoms with E-state index in [-0.39, 0.29) is 10.8 Å². The molecule has 0 aromatic heterocycles. The van der Waals surface area contributed by atoms with Crippen LogP contribution >= 0.6 is 0 Å². The van der Waals surface area contributed by atoms with E-state index in [0.717, 1.165) is 45.6 Å². The SMILES string of the molecule is CC1(c2ccc(Oc3cccc4ccccc34)cc2)CC2CC(C1)CC(C)(c1ccc(Oc3cccc4ccccc34)cc1)C2. The third kappa shape index (κ3) is 5.37. The topological polar surface area (TPSA) is 18.5 Å². The molecule has 0 saturated heterocycles. The molecule has 2 aliphatic carbocycles. The zero-order valence-electron chi connectivity index (χ0n) is 26.2. The third-order valence-corrected chi connectivity index (χ3v) is 10.7. The molecule has 0 unspecified atom stereocenters. The molecule has 0 amide bonds. The van der Waals surface area contributed by atoms with Crippen LogP contribution in [0.3, 0.4) is 0 Å². The third-order valence-electron chi connectivity index (χ3n) is 10.7. The molecule has 0 N–H and O–H groups in total. The summed E-state index contributed by atoms with van der Waals surface area (Å²) in [7, 11) is 0. The highest BCUT2D eigenvalue weighted by Gasteiger charge is 2.47. The second kappa shape index (κ2) is 11.1. The first-order valence-corrected chi connectivity index (χ1v) is 16.5. The highest BCUT2D eigenvalue weighted by atomic mass is 16.5. The fraction of sp³-hybridized carbons (Fsp3) is 0.256. The van der Waals surface area contributed by atoms with E-state index in [4.69, 9.17) is 9.47 Å². The van der Waals surface area contributed by atoms with Gasteiger partial charge in [-0.2, -0.15) is 0 Å². The Morgan fingerprint density at radius 2 is 0.822 bits per heavy atom. The largest absolute Gasteiger partial charge is 0.457 e. The van der Waals surface area contributed by atoms with E-state index < -0.39 is 0 Å². The quantitative estimate of drug-likeness (QED) is 0.193. The summed E-state index contributed by atoms with van der Waals surface area (Å²) < 4.78 is 12.7. The van der Waals surface area contributed by atoms with E-state index in [1.165, 1.54) is 54.0 Å². The molecule has 2 fully saturated rings. The Hall–Kier alpha value is -4.56. The molecule has 0 spiro atoms. The summed E-state index contributed by atoms with van der Waals surface area (Å²) in [6, 6.07) is 47.2. The van der Waals surface area contributed by atoms with E-state index in [1.807, 2.05) is 0 Å². The molecule has 2 aliphatic rings. The van der Waals surface area contributed by atoms with Gasteiger partial charge in [0.2, 0.25) is 0 Å². The van der Waals surface area contributed by atoms with Gasteiger partial charge in [-0.25, -0.2) is 0 Å². The summed E-state index contributed by atoms with van der Waals surface area (Å²) in [5, 5.41) is 4.69. The van der Waals surface area contributed by atoms with Crippen LogP contribution < -0.4 is 9.47 Å². The lowest BCUT2D eigenvalue weighted by molar-refractivity contribution is 0.0716. The lowest BCUT2D eigenvalue weighted by atomic mass is 9.53. The van der Waals surface area contributed by atoms with Crippen molar-refractivity contribution in [2.24, 2.45) is 11.8 Å². The smallest absolute Gasteiger partial charge is 0.135 e. The van der Waals surface area contributed by atoms with Crippen molar-refractivity contribution in [2.75, 3.05) is 0 Å². The standard InChI is InChI=1S/C43H40O2/c1-42(34-17-21-36(22-18-34)44-40-15-7-11-32-9-3-5-13-38(32)40)26-30-25-31(27-42)29-43(2,28-30)35-19-23-37(24-20-35)45-41-16-8-12-33-10-4-6-14-39(33)41/h3-24,30-31H,25-29H2,1-2H3. The zero-order valence-corrected chi connectivity index (χ0v) is 26.2. The predicted molar refractivity (Wildman–Crippen MR) is 186 cm³/mol. The molecule has 6 aromatic carbocycles. The van der Waals surface area contributed by atoms with Crippen LogP contribution in [0.15, 0.2) is 133 Å². The number of hydrogen-bond donors (Lipinski definition) is 0. The number of rotatable bonds is 6. The van der Waals surface area contributed by atoms with Gasteiger partial charge < -0.3 is 9.47 Å². The molecule has 8 rings (SSSR count). The molecule has 0 atom stereocenters. The van der Waals surface area contributed by atoms with E-state index in [1.54, 1.807) is 0 Å². The Bertz CT molecular complexity index is 1800. The minimum Gasteiger partial charge on any atom is -0.457 e. The molecule has 224 valence electrons. The van der Waals surface area contributed by atoms with E-state index >= 15 is 0 Å². The maximum absolute atomic E-state index is 6.37. The molecule has 45 heavy (non-hydrogen) atoms. The first kappa shape index (κ1) is 28.0. The van der Waals surface area contributed by atoms with E-state index in [0.29, 0.717) is 0 Å². The van der Waals surface area contributed by atoms with E-state index in [9.17, 15) is 0 Å². The van der Waals surface area contributed by atoms with Gasteiger partial charge in [-0.15, -0.1) is 0 Å².